The fraction of sp³-hybridized carbons (Fsp3) is 0. The smallest absolute Gasteiger partial charge is 0.137 e. The van der Waals surface area contributed by atoms with Gasteiger partial charge >= 0.3 is 0 Å². The van der Waals surface area contributed by atoms with Crippen molar-refractivity contribution in [2.45, 2.75) is 0 Å². The van der Waals surface area contributed by atoms with Crippen molar-refractivity contribution in [3.63, 3.8) is 0 Å². The van der Waals surface area contributed by atoms with Crippen molar-refractivity contribution in [1.82, 2.24) is 0 Å². The first kappa shape index (κ1) is 33.2. The summed E-state index contributed by atoms with van der Waals surface area (Å²) in [5, 5.41) is 2.22. The quantitative estimate of drug-likeness (QED) is 0.156. The molecule has 10 rings (SSSR count). The lowest BCUT2D eigenvalue weighted by atomic mass is 9.84. The highest BCUT2D eigenvalue weighted by atomic mass is 16.3. The molecule has 0 aliphatic carbocycles. The van der Waals surface area contributed by atoms with Crippen molar-refractivity contribution in [2.75, 3.05) is 4.90 Å². The van der Waals surface area contributed by atoms with E-state index in [-0.39, 0.29) is 0 Å². The van der Waals surface area contributed by atoms with Crippen LogP contribution in [-0.4, -0.2) is 0 Å². The van der Waals surface area contributed by atoms with E-state index < -0.39 is 0 Å². The molecule has 0 saturated heterocycles. The summed E-state index contributed by atoms with van der Waals surface area (Å²) in [7, 11) is 0. The topological polar surface area (TPSA) is 16.4 Å². The zero-order valence-corrected chi connectivity index (χ0v) is 30.7. The standard InChI is InChI=1S/C54H37NO/c1-4-17-38(18-5-1)39-31-33-42(34-32-39)55(43-35-36-48-47-25-13-15-30-52(47)56-53(48)37-43)51-29-14-12-24-46(51)50-28-16-27-45(41-21-8-3-9-22-41)54(50)49-26-11-10-23-44(49)40-19-6-2-7-20-40/h1-37H. The van der Waals surface area contributed by atoms with E-state index in [1.54, 1.807) is 0 Å². The van der Waals surface area contributed by atoms with Gasteiger partial charge in [-0.05, 0) is 86.5 Å². The van der Waals surface area contributed by atoms with Crippen molar-refractivity contribution < 1.29 is 4.42 Å². The normalized spacial score (nSPS) is 11.2. The van der Waals surface area contributed by atoms with Crippen LogP contribution in [0.3, 0.4) is 0 Å². The number of hydrogen-bond donors (Lipinski definition) is 0. The van der Waals surface area contributed by atoms with Gasteiger partial charge in [0, 0.05) is 33.8 Å². The first-order valence-corrected chi connectivity index (χ1v) is 19.1. The van der Waals surface area contributed by atoms with Crippen LogP contribution in [0.5, 0.6) is 0 Å². The zero-order chi connectivity index (χ0) is 37.3. The Morgan fingerprint density at radius 3 is 1.52 bits per heavy atom. The Bertz CT molecular complexity index is 2950. The molecule has 0 aliphatic rings. The molecule has 10 aromatic rings. The van der Waals surface area contributed by atoms with E-state index in [1.165, 1.54) is 44.5 Å². The van der Waals surface area contributed by atoms with Crippen LogP contribution in [-0.2, 0) is 0 Å². The lowest BCUT2D eigenvalue weighted by Crippen LogP contribution is -2.11. The van der Waals surface area contributed by atoms with E-state index in [4.69, 9.17) is 4.42 Å². The second-order valence-electron chi connectivity index (χ2n) is 14.0. The Morgan fingerprint density at radius 1 is 0.286 bits per heavy atom. The van der Waals surface area contributed by atoms with E-state index in [9.17, 15) is 0 Å². The number of furan rings is 1. The Balaban J connectivity index is 1.22. The molecule has 0 bridgehead atoms. The van der Waals surface area contributed by atoms with Gasteiger partial charge in [-0.15, -0.1) is 0 Å². The van der Waals surface area contributed by atoms with Gasteiger partial charge < -0.3 is 9.32 Å². The van der Waals surface area contributed by atoms with Crippen LogP contribution >= 0.6 is 0 Å². The summed E-state index contributed by atoms with van der Waals surface area (Å²) in [6.45, 7) is 0. The van der Waals surface area contributed by atoms with Crippen LogP contribution in [0.2, 0.25) is 0 Å². The highest BCUT2D eigenvalue weighted by molar-refractivity contribution is 6.07. The monoisotopic (exact) mass is 715 g/mol. The highest BCUT2D eigenvalue weighted by Gasteiger charge is 2.23. The van der Waals surface area contributed by atoms with Crippen molar-refractivity contribution in [3.8, 4) is 55.6 Å². The maximum atomic E-state index is 6.48. The van der Waals surface area contributed by atoms with Gasteiger partial charge in [-0.1, -0.05) is 182 Å². The predicted molar refractivity (Wildman–Crippen MR) is 236 cm³/mol. The van der Waals surface area contributed by atoms with Crippen LogP contribution < -0.4 is 4.90 Å². The summed E-state index contributed by atoms with van der Waals surface area (Å²) in [5.41, 5.74) is 16.6. The van der Waals surface area contributed by atoms with Crippen LogP contribution in [0.25, 0.3) is 77.6 Å². The van der Waals surface area contributed by atoms with Gasteiger partial charge in [0.05, 0.1) is 5.69 Å². The number of rotatable bonds is 8. The number of anilines is 3. The van der Waals surface area contributed by atoms with Gasteiger partial charge in [-0.25, -0.2) is 0 Å². The summed E-state index contributed by atoms with van der Waals surface area (Å²) in [5.74, 6) is 0. The van der Waals surface area contributed by atoms with Crippen LogP contribution in [0.15, 0.2) is 229 Å². The lowest BCUT2D eigenvalue weighted by Gasteiger charge is -2.29. The summed E-state index contributed by atoms with van der Waals surface area (Å²) >= 11 is 0. The minimum absolute atomic E-state index is 0.857. The highest BCUT2D eigenvalue weighted by Crippen LogP contribution is 2.49. The first-order chi connectivity index (χ1) is 27.8. The van der Waals surface area contributed by atoms with E-state index in [1.807, 2.05) is 12.1 Å². The Labute approximate surface area is 327 Å². The van der Waals surface area contributed by atoms with Crippen LogP contribution in [0.4, 0.5) is 17.1 Å². The summed E-state index contributed by atoms with van der Waals surface area (Å²) in [4.78, 5) is 2.37. The Morgan fingerprint density at radius 2 is 0.786 bits per heavy atom. The zero-order valence-electron chi connectivity index (χ0n) is 30.7. The number of para-hydroxylation sites is 2. The average molecular weight is 716 g/mol. The molecule has 0 radical (unpaired) electrons. The Kier molecular flexibility index (Phi) is 8.55. The van der Waals surface area contributed by atoms with Crippen LogP contribution in [0.1, 0.15) is 0 Å². The minimum Gasteiger partial charge on any atom is -0.456 e. The van der Waals surface area contributed by atoms with Crippen LogP contribution in [0, 0.1) is 0 Å². The fourth-order valence-corrected chi connectivity index (χ4v) is 8.11. The number of nitrogens with zero attached hydrogens (tertiary/aromatic N) is 1. The van der Waals surface area contributed by atoms with Gasteiger partial charge in [0.1, 0.15) is 11.2 Å². The third-order valence-corrected chi connectivity index (χ3v) is 10.7. The van der Waals surface area contributed by atoms with E-state index in [0.29, 0.717) is 0 Å². The molecule has 2 heteroatoms. The second-order valence-corrected chi connectivity index (χ2v) is 14.0. The molecule has 264 valence electrons. The molecule has 0 saturated carbocycles. The molecular formula is C54H37NO. The van der Waals surface area contributed by atoms with Gasteiger partial charge in [0.2, 0.25) is 0 Å². The summed E-state index contributed by atoms with van der Waals surface area (Å²) < 4.78 is 6.48. The maximum absolute atomic E-state index is 6.48. The molecule has 0 N–H and O–H groups in total. The van der Waals surface area contributed by atoms with E-state index >= 15 is 0 Å². The maximum Gasteiger partial charge on any atom is 0.137 e. The van der Waals surface area contributed by atoms with Crippen molar-refractivity contribution in [3.05, 3.63) is 224 Å². The summed E-state index contributed by atoms with van der Waals surface area (Å²) in [6.07, 6.45) is 0. The molecular weight excluding hydrogens is 679 g/mol. The molecule has 56 heavy (non-hydrogen) atoms. The van der Waals surface area contributed by atoms with Gasteiger partial charge in [-0.2, -0.15) is 0 Å². The fourth-order valence-electron chi connectivity index (χ4n) is 8.11. The molecule has 0 amide bonds. The third kappa shape index (κ3) is 6.04. The van der Waals surface area contributed by atoms with E-state index in [0.717, 1.165) is 50.1 Å². The summed E-state index contributed by atoms with van der Waals surface area (Å²) in [6, 6.07) is 80.1. The Hall–Kier alpha value is -7.42. The minimum atomic E-state index is 0.857. The molecule has 0 fully saturated rings. The van der Waals surface area contributed by atoms with Gasteiger partial charge in [0.15, 0.2) is 0 Å². The number of hydrogen-bond acceptors (Lipinski definition) is 2. The SMILES string of the molecule is c1ccc(-c2ccc(N(c3ccc4c(c3)oc3ccccc34)c3ccccc3-c3cccc(-c4ccccc4)c3-c3ccccc3-c3ccccc3)cc2)cc1. The van der Waals surface area contributed by atoms with E-state index in [2.05, 4.69) is 217 Å². The molecule has 0 unspecified atom stereocenters. The van der Waals surface area contributed by atoms with Gasteiger partial charge in [-0.3, -0.25) is 0 Å². The average Bonchev–Trinajstić information content (AvgIpc) is 3.66. The number of benzene rings is 9. The molecule has 9 aromatic carbocycles. The van der Waals surface area contributed by atoms with Crippen molar-refractivity contribution in [1.29, 1.82) is 0 Å². The molecule has 1 aromatic heterocycles. The third-order valence-electron chi connectivity index (χ3n) is 10.7. The van der Waals surface area contributed by atoms with Gasteiger partial charge in [0.25, 0.3) is 0 Å². The molecule has 0 aliphatic heterocycles. The molecule has 0 atom stereocenters. The molecule has 2 nitrogen and oxygen atoms in total. The largest absolute Gasteiger partial charge is 0.456 e. The van der Waals surface area contributed by atoms with Crippen molar-refractivity contribution >= 4 is 39.0 Å². The first-order valence-electron chi connectivity index (χ1n) is 19.1. The van der Waals surface area contributed by atoms with Crippen molar-refractivity contribution in [2.24, 2.45) is 0 Å². The second kappa shape index (κ2) is 14.4. The lowest BCUT2D eigenvalue weighted by molar-refractivity contribution is 0.669. The molecule has 0 spiro atoms. The number of fused-ring (bicyclic) bond motifs is 3. The molecule has 1 heterocycles. The predicted octanol–water partition coefficient (Wildman–Crippen LogP) is 15.4.